The predicted molar refractivity (Wildman–Crippen MR) is 78.7 cm³/mol. The molecule has 0 radical (unpaired) electrons. The van der Waals surface area contributed by atoms with E-state index in [1.807, 2.05) is 19.3 Å². The van der Waals surface area contributed by atoms with Crippen molar-refractivity contribution in [2.45, 2.75) is 6.54 Å². The summed E-state index contributed by atoms with van der Waals surface area (Å²) in [5, 5.41) is 7.68. The van der Waals surface area contributed by atoms with Crippen LogP contribution in [0.15, 0.2) is 24.4 Å². The molecule has 114 valence electrons. The summed E-state index contributed by atoms with van der Waals surface area (Å²) in [5.41, 5.74) is 2.51. The molecule has 21 heavy (non-hydrogen) atoms. The minimum atomic E-state index is -0.390. The Bertz CT molecular complexity index is 599. The molecule has 0 aliphatic rings. The van der Waals surface area contributed by atoms with E-state index in [-0.39, 0.29) is 11.6 Å². The van der Waals surface area contributed by atoms with Gasteiger partial charge in [-0.3, -0.25) is 4.68 Å². The van der Waals surface area contributed by atoms with Gasteiger partial charge in [-0.05, 0) is 18.2 Å². The van der Waals surface area contributed by atoms with E-state index in [0.717, 1.165) is 23.4 Å². The number of rotatable bonds is 7. The molecule has 0 spiro atoms. The molecule has 5 nitrogen and oxygen atoms in total. The summed E-state index contributed by atoms with van der Waals surface area (Å²) in [6.45, 7) is 2.05. The van der Waals surface area contributed by atoms with E-state index in [1.165, 1.54) is 13.2 Å². The van der Waals surface area contributed by atoms with Crippen molar-refractivity contribution in [2.75, 3.05) is 27.4 Å². The number of hydrogen-bond donors (Lipinski definition) is 1. The molecule has 0 amide bonds. The number of benzene rings is 1. The minimum Gasteiger partial charge on any atom is -0.494 e. The van der Waals surface area contributed by atoms with E-state index in [1.54, 1.807) is 17.9 Å². The average Bonchev–Trinajstić information content (AvgIpc) is 2.84. The van der Waals surface area contributed by atoms with Gasteiger partial charge in [-0.1, -0.05) is 0 Å². The van der Waals surface area contributed by atoms with Gasteiger partial charge in [0.1, 0.15) is 0 Å². The van der Waals surface area contributed by atoms with Gasteiger partial charge in [0.15, 0.2) is 11.6 Å². The highest BCUT2D eigenvalue weighted by atomic mass is 19.1. The van der Waals surface area contributed by atoms with Crippen molar-refractivity contribution >= 4 is 0 Å². The lowest BCUT2D eigenvalue weighted by Gasteiger charge is -2.06. The summed E-state index contributed by atoms with van der Waals surface area (Å²) in [4.78, 5) is 0. The third-order valence-electron chi connectivity index (χ3n) is 3.13. The Morgan fingerprint density at radius 3 is 2.81 bits per heavy atom. The van der Waals surface area contributed by atoms with E-state index < -0.39 is 0 Å². The molecule has 0 fully saturated rings. The Balaban J connectivity index is 2.20. The van der Waals surface area contributed by atoms with Crippen molar-refractivity contribution < 1.29 is 13.9 Å². The van der Waals surface area contributed by atoms with Gasteiger partial charge in [-0.25, -0.2) is 4.39 Å². The Morgan fingerprint density at radius 2 is 2.14 bits per heavy atom. The van der Waals surface area contributed by atoms with Gasteiger partial charge >= 0.3 is 0 Å². The van der Waals surface area contributed by atoms with Crippen LogP contribution in [0.5, 0.6) is 5.75 Å². The van der Waals surface area contributed by atoms with Crippen molar-refractivity contribution in [3.8, 4) is 17.0 Å². The largest absolute Gasteiger partial charge is 0.494 e. The fourth-order valence-electron chi connectivity index (χ4n) is 2.12. The maximum Gasteiger partial charge on any atom is 0.165 e. The third kappa shape index (κ3) is 3.80. The first-order valence-electron chi connectivity index (χ1n) is 6.71. The van der Waals surface area contributed by atoms with E-state index in [0.29, 0.717) is 13.2 Å². The summed E-state index contributed by atoms with van der Waals surface area (Å²) in [5.74, 6) is -0.159. The summed E-state index contributed by atoms with van der Waals surface area (Å²) < 4.78 is 25.5. The zero-order valence-electron chi connectivity index (χ0n) is 12.5. The highest BCUT2D eigenvalue weighted by Gasteiger charge is 2.12. The van der Waals surface area contributed by atoms with Crippen LogP contribution in [0.3, 0.4) is 0 Å². The molecule has 1 heterocycles. The smallest absolute Gasteiger partial charge is 0.165 e. The van der Waals surface area contributed by atoms with Crippen molar-refractivity contribution in [2.24, 2.45) is 7.05 Å². The summed E-state index contributed by atoms with van der Waals surface area (Å²) in [6.07, 6.45) is 1.93. The fourth-order valence-corrected chi connectivity index (χ4v) is 2.12. The second kappa shape index (κ2) is 7.19. The number of methoxy groups -OCH3 is 2. The van der Waals surface area contributed by atoms with Crippen LogP contribution in [0.1, 0.15) is 5.56 Å². The van der Waals surface area contributed by atoms with Gasteiger partial charge in [0.05, 0.1) is 19.4 Å². The van der Waals surface area contributed by atoms with Gasteiger partial charge in [-0.2, -0.15) is 5.10 Å². The number of halogens is 1. The standard InChI is InChI=1S/C15H20FN3O2/c1-19-10-12(9-17-6-7-20-2)15(18-19)11-4-5-14(21-3)13(16)8-11/h4-5,8,10,17H,6-7,9H2,1-3H3. The van der Waals surface area contributed by atoms with Crippen molar-refractivity contribution in [1.82, 2.24) is 15.1 Å². The minimum absolute atomic E-state index is 0.231. The summed E-state index contributed by atoms with van der Waals surface area (Å²) >= 11 is 0. The lowest BCUT2D eigenvalue weighted by Crippen LogP contribution is -2.18. The molecule has 0 atom stereocenters. The zero-order chi connectivity index (χ0) is 15.2. The fraction of sp³-hybridized carbons (Fsp3) is 0.400. The molecular formula is C15H20FN3O2. The first-order chi connectivity index (χ1) is 10.2. The van der Waals surface area contributed by atoms with Crippen LogP contribution in [0.2, 0.25) is 0 Å². The lowest BCUT2D eigenvalue weighted by molar-refractivity contribution is 0.199. The number of hydrogen-bond acceptors (Lipinski definition) is 4. The van der Waals surface area contributed by atoms with E-state index in [2.05, 4.69) is 10.4 Å². The van der Waals surface area contributed by atoms with E-state index in [9.17, 15) is 4.39 Å². The Labute approximate surface area is 123 Å². The molecule has 2 rings (SSSR count). The number of ether oxygens (including phenoxy) is 2. The number of nitrogens with zero attached hydrogens (tertiary/aromatic N) is 2. The highest BCUT2D eigenvalue weighted by Crippen LogP contribution is 2.26. The quantitative estimate of drug-likeness (QED) is 0.793. The van der Waals surface area contributed by atoms with Crippen LogP contribution >= 0.6 is 0 Å². The number of aryl methyl sites for hydroxylation is 1. The second-order valence-corrected chi connectivity index (χ2v) is 4.70. The van der Waals surface area contributed by atoms with Crippen LogP contribution in [-0.2, 0) is 18.3 Å². The number of nitrogens with one attached hydrogen (secondary N) is 1. The first-order valence-corrected chi connectivity index (χ1v) is 6.71. The molecule has 0 bridgehead atoms. The molecule has 0 aliphatic heterocycles. The normalized spacial score (nSPS) is 10.9. The SMILES string of the molecule is COCCNCc1cn(C)nc1-c1ccc(OC)c(F)c1. The maximum atomic E-state index is 13.8. The topological polar surface area (TPSA) is 48.3 Å². The van der Waals surface area contributed by atoms with E-state index in [4.69, 9.17) is 9.47 Å². The molecule has 0 unspecified atom stereocenters. The molecule has 2 aromatic rings. The monoisotopic (exact) mass is 293 g/mol. The molecule has 0 saturated carbocycles. The average molecular weight is 293 g/mol. The van der Waals surface area contributed by atoms with E-state index >= 15 is 0 Å². The predicted octanol–water partition coefficient (Wildman–Crippen LogP) is 1.97. The first kappa shape index (κ1) is 15.5. The van der Waals surface area contributed by atoms with Crippen LogP contribution in [-0.4, -0.2) is 37.2 Å². The Hall–Kier alpha value is -1.92. The molecule has 1 N–H and O–H groups in total. The summed E-state index contributed by atoms with van der Waals surface area (Å²) in [7, 11) is 4.96. The number of aromatic nitrogens is 2. The summed E-state index contributed by atoms with van der Waals surface area (Å²) in [6, 6.07) is 4.87. The molecule has 1 aromatic heterocycles. The third-order valence-corrected chi connectivity index (χ3v) is 3.13. The highest BCUT2D eigenvalue weighted by molar-refractivity contribution is 5.63. The maximum absolute atomic E-state index is 13.8. The van der Waals surface area contributed by atoms with Gasteiger partial charge in [0.25, 0.3) is 0 Å². The molecule has 1 aromatic carbocycles. The van der Waals surface area contributed by atoms with Crippen molar-refractivity contribution in [3.05, 3.63) is 35.8 Å². The zero-order valence-corrected chi connectivity index (χ0v) is 12.5. The van der Waals surface area contributed by atoms with Crippen LogP contribution < -0.4 is 10.1 Å². The van der Waals surface area contributed by atoms with Gasteiger partial charge < -0.3 is 14.8 Å². The molecular weight excluding hydrogens is 273 g/mol. The van der Waals surface area contributed by atoms with Crippen LogP contribution in [0, 0.1) is 5.82 Å². The van der Waals surface area contributed by atoms with Gasteiger partial charge in [0.2, 0.25) is 0 Å². The molecule has 0 saturated heterocycles. The Kier molecular flexibility index (Phi) is 5.30. The molecule has 6 heteroatoms. The van der Waals surface area contributed by atoms with Crippen LogP contribution in [0.25, 0.3) is 11.3 Å². The van der Waals surface area contributed by atoms with Crippen molar-refractivity contribution in [1.29, 1.82) is 0 Å². The molecule has 0 aliphatic carbocycles. The second-order valence-electron chi connectivity index (χ2n) is 4.70. The lowest BCUT2D eigenvalue weighted by atomic mass is 10.1. The van der Waals surface area contributed by atoms with Crippen molar-refractivity contribution in [3.63, 3.8) is 0 Å². The van der Waals surface area contributed by atoms with Gasteiger partial charge in [-0.15, -0.1) is 0 Å². The van der Waals surface area contributed by atoms with Gasteiger partial charge in [0, 0.05) is 44.6 Å². The Morgan fingerprint density at radius 1 is 1.33 bits per heavy atom. The van der Waals surface area contributed by atoms with Crippen LogP contribution in [0.4, 0.5) is 4.39 Å².